The summed E-state index contributed by atoms with van der Waals surface area (Å²) in [6, 6.07) is 4.94. The molecule has 0 aliphatic carbocycles. The zero-order valence-corrected chi connectivity index (χ0v) is 13.6. The van der Waals surface area contributed by atoms with Crippen LogP contribution in [0.3, 0.4) is 0 Å². The molecule has 7 nitrogen and oxygen atoms in total. The number of methoxy groups -OCH3 is 2. The maximum atomic E-state index is 12.1. The van der Waals surface area contributed by atoms with Gasteiger partial charge in [0.2, 0.25) is 5.91 Å². The summed E-state index contributed by atoms with van der Waals surface area (Å²) in [4.78, 5) is 25.7. The first-order valence-electron chi connectivity index (χ1n) is 7.68. The van der Waals surface area contributed by atoms with Crippen molar-refractivity contribution in [3.63, 3.8) is 0 Å². The Morgan fingerprint density at radius 1 is 1.30 bits per heavy atom. The Balaban J connectivity index is 2.11. The number of ether oxygens (including phenoxy) is 2. The number of nitrogens with one attached hydrogen (secondary N) is 2. The van der Waals surface area contributed by atoms with Crippen molar-refractivity contribution in [1.29, 1.82) is 0 Å². The zero-order chi connectivity index (χ0) is 16.7. The van der Waals surface area contributed by atoms with Gasteiger partial charge in [-0.2, -0.15) is 0 Å². The minimum absolute atomic E-state index is 0.0799. The summed E-state index contributed by atoms with van der Waals surface area (Å²) >= 11 is 0. The molecule has 1 heterocycles. The van der Waals surface area contributed by atoms with Gasteiger partial charge in [-0.25, -0.2) is 4.79 Å². The number of piperidine rings is 1. The highest BCUT2D eigenvalue weighted by Gasteiger charge is 2.23. The molecular formula is C16H23N3O4. The van der Waals surface area contributed by atoms with Gasteiger partial charge in [0.15, 0.2) is 0 Å². The highest BCUT2D eigenvalue weighted by Crippen LogP contribution is 2.33. The summed E-state index contributed by atoms with van der Waals surface area (Å²) in [5, 5.41) is 5.43. The number of amides is 3. The minimum atomic E-state index is -0.317. The van der Waals surface area contributed by atoms with E-state index in [2.05, 4.69) is 10.6 Å². The number of rotatable bonds is 6. The van der Waals surface area contributed by atoms with Gasteiger partial charge in [-0.1, -0.05) is 0 Å². The van der Waals surface area contributed by atoms with Crippen LogP contribution in [0.25, 0.3) is 0 Å². The lowest BCUT2D eigenvalue weighted by atomic mass is 10.1. The Bertz CT molecular complexity index is 562. The van der Waals surface area contributed by atoms with Gasteiger partial charge in [-0.3, -0.25) is 4.79 Å². The quantitative estimate of drug-likeness (QED) is 0.785. The van der Waals surface area contributed by atoms with E-state index in [1.54, 1.807) is 37.3 Å². The van der Waals surface area contributed by atoms with Crippen molar-refractivity contribution >= 4 is 23.3 Å². The monoisotopic (exact) mass is 321 g/mol. The van der Waals surface area contributed by atoms with E-state index >= 15 is 0 Å². The van der Waals surface area contributed by atoms with Gasteiger partial charge in [-0.15, -0.1) is 0 Å². The van der Waals surface area contributed by atoms with Crippen LogP contribution in [-0.2, 0) is 9.53 Å². The summed E-state index contributed by atoms with van der Waals surface area (Å²) < 4.78 is 10.2. The molecule has 0 unspecified atom stereocenters. The van der Waals surface area contributed by atoms with Crippen LogP contribution in [0.15, 0.2) is 18.2 Å². The predicted molar refractivity (Wildman–Crippen MR) is 88.1 cm³/mol. The molecule has 0 aromatic heterocycles. The second-order valence-corrected chi connectivity index (χ2v) is 5.26. The third-order valence-electron chi connectivity index (χ3n) is 3.64. The maximum Gasteiger partial charge on any atom is 0.319 e. The normalized spacial score (nSPS) is 14.5. The third kappa shape index (κ3) is 4.59. The van der Waals surface area contributed by atoms with Crippen LogP contribution in [0.1, 0.15) is 19.3 Å². The van der Waals surface area contributed by atoms with Crippen LogP contribution in [0.2, 0.25) is 0 Å². The molecule has 0 saturated carbocycles. The average Bonchev–Trinajstić information content (AvgIpc) is 2.55. The average molecular weight is 321 g/mol. The van der Waals surface area contributed by atoms with Crippen molar-refractivity contribution in [3.8, 4) is 5.75 Å². The van der Waals surface area contributed by atoms with Crippen LogP contribution in [0.5, 0.6) is 5.75 Å². The fraction of sp³-hybridized carbons (Fsp3) is 0.500. The molecule has 3 amide bonds. The second-order valence-electron chi connectivity index (χ2n) is 5.26. The van der Waals surface area contributed by atoms with Gasteiger partial charge >= 0.3 is 6.03 Å². The van der Waals surface area contributed by atoms with Crippen LogP contribution < -0.4 is 20.3 Å². The first-order valence-corrected chi connectivity index (χ1v) is 7.68. The van der Waals surface area contributed by atoms with Crippen LogP contribution in [0.4, 0.5) is 16.2 Å². The number of carbonyl (C=O) groups is 2. The number of hydrogen-bond acceptors (Lipinski definition) is 4. The number of hydrogen-bond donors (Lipinski definition) is 2. The van der Waals surface area contributed by atoms with E-state index in [9.17, 15) is 9.59 Å². The smallest absolute Gasteiger partial charge is 0.319 e. The van der Waals surface area contributed by atoms with E-state index in [1.165, 1.54) is 0 Å². The van der Waals surface area contributed by atoms with Gasteiger partial charge in [0.05, 0.1) is 19.4 Å². The van der Waals surface area contributed by atoms with E-state index in [4.69, 9.17) is 9.47 Å². The first kappa shape index (κ1) is 17.1. The number of nitrogens with zero attached hydrogens (tertiary/aromatic N) is 1. The topological polar surface area (TPSA) is 79.9 Å². The lowest BCUT2D eigenvalue weighted by molar-refractivity contribution is -0.119. The Kier molecular flexibility index (Phi) is 6.22. The van der Waals surface area contributed by atoms with Crippen molar-refractivity contribution in [2.24, 2.45) is 0 Å². The van der Waals surface area contributed by atoms with Crippen molar-refractivity contribution in [1.82, 2.24) is 5.32 Å². The number of carbonyl (C=O) groups excluding carboxylic acids is 2. The van der Waals surface area contributed by atoms with Gasteiger partial charge in [0.1, 0.15) is 5.75 Å². The van der Waals surface area contributed by atoms with Crippen molar-refractivity contribution in [2.45, 2.75) is 19.3 Å². The van der Waals surface area contributed by atoms with E-state index in [1.807, 2.05) is 0 Å². The number of urea groups is 1. The van der Waals surface area contributed by atoms with Crippen molar-refractivity contribution in [3.05, 3.63) is 18.2 Å². The molecular weight excluding hydrogens is 298 g/mol. The molecule has 0 radical (unpaired) electrons. The van der Waals surface area contributed by atoms with Gasteiger partial charge in [0.25, 0.3) is 0 Å². The second kappa shape index (κ2) is 8.38. The fourth-order valence-electron chi connectivity index (χ4n) is 2.48. The Morgan fingerprint density at radius 3 is 2.83 bits per heavy atom. The molecule has 126 valence electrons. The molecule has 0 spiro atoms. The Hall–Kier alpha value is -2.28. The maximum absolute atomic E-state index is 12.1. The summed E-state index contributed by atoms with van der Waals surface area (Å²) in [5.41, 5.74) is 1.29. The van der Waals surface area contributed by atoms with Crippen LogP contribution in [0, 0.1) is 0 Å². The summed E-state index contributed by atoms with van der Waals surface area (Å²) in [6.45, 7) is 1.54. The molecule has 23 heavy (non-hydrogen) atoms. The first-order chi connectivity index (χ1) is 11.2. The number of benzene rings is 1. The molecule has 0 bridgehead atoms. The highest BCUT2D eigenvalue weighted by molar-refractivity contribution is 5.97. The van der Waals surface area contributed by atoms with Gasteiger partial charge in [-0.05, 0) is 31.0 Å². The number of anilines is 2. The molecule has 0 atom stereocenters. The molecule has 1 aliphatic rings. The predicted octanol–water partition coefficient (Wildman–Crippen LogP) is 1.98. The molecule has 2 N–H and O–H groups in total. The molecule has 7 heteroatoms. The van der Waals surface area contributed by atoms with E-state index in [-0.39, 0.29) is 11.9 Å². The fourth-order valence-corrected chi connectivity index (χ4v) is 2.48. The minimum Gasteiger partial charge on any atom is -0.495 e. The van der Waals surface area contributed by atoms with Gasteiger partial charge in [0, 0.05) is 32.3 Å². The Labute approximate surface area is 135 Å². The van der Waals surface area contributed by atoms with E-state index in [0.29, 0.717) is 43.2 Å². The zero-order valence-electron chi connectivity index (χ0n) is 13.6. The molecule has 1 aromatic rings. The summed E-state index contributed by atoms with van der Waals surface area (Å²) in [6.07, 6.45) is 2.42. The van der Waals surface area contributed by atoms with Crippen LogP contribution >= 0.6 is 0 Å². The largest absolute Gasteiger partial charge is 0.495 e. The van der Waals surface area contributed by atoms with E-state index < -0.39 is 0 Å². The Morgan fingerprint density at radius 2 is 2.13 bits per heavy atom. The molecule has 1 aliphatic heterocycles. The lowest BCUT2D eigenvalue weighted by Crippen LogP contribution is -2.35. The lowest BCUT2D eigenvalue weighted by Gasteiger charge is -2.28. The summed E-state index contributed by atoms with van der Waals surface area (Å²) in [7, 11) is 3.14. The van der Waals surface area contributed by atoms with Crippen molar-refractivity contribution < 1.29 is 19.1 Å². The standard InChI is InChI=1S/C16H23N3O4/c1-22-10-8-17-16(21)18-12-6-7-14(23-2)13(11-12)19-9-4-3-5-15(19)20/h6-7,11H,3-5,8-10H2,1-2H3,(H2,17,18,21). The molecule has 1 aromatic carbocycles. The van der Waals surface area contributed by atoms with Crippen molar-refractivity contribution in [2.75, 3.05) is 44.1 Å². The van der Waals surface area contributed by atoms with E-state index in [0.717, 1.165) is 12.8 Å². The molecule has 1 fully saturated rings. The molecule has 1 saturated heterocycles. The van der Waals surface area contributed by atoms with Gasteiger partial charge < -0.3 is 25.0 Å². The summed E-state index contributed by atoms with van der Waals surface area (Å²) in [5.74, 6) is 0.696. The SMILES string of the molecule is COCCNC(=O)Nc1ccc(OC)c(N2CCCCC2=O)c1. The third-order valence-corrected chi connectivity index (χ3v) is 3.64. The highest BCUT2D eigenvalue weighted by atomic mass is 16.5. The molecule has 2 rings (SSSR count). The van der Waals surface area contributed by atoms with Crippen LogP contribution in [-0.4, -0.2) is 45.9 Å².